The van der Waals surface area contributed by atoms with Gasteiger partial charge in [0.15, 0.2) is 0 Å². The molecule has 0 N–H and O–H groups in total. The second kappa shape index (κ2) is 8.23. The summed E-state index contributed by atoms with van der Waals surface area (Å²) < 4.78 is 44.2. The molecule has 0 radical (unpaired) electrons. The maximum Gasteiger partial charge on any atom is 0.416 e. The lowest BCUT2D eigenvalue weighted by Gasteiger charge is -2.30. The SMILES string of the molecule is FC(F)(F)c1ccc(Oc2ncnc3c2CCN(c2cccc(-c4nccs4)c2)C3)cc1. The predicted octanol–water partition coefficient (Wildman–Crippen LogP) is 5.97. The number of hydrogen-bond donors (Lipinski definition) is 0. The van der Waals surface area contributed by atoms with Gasteiger partial charge in [0.2, 0.25) is 5.88 Å². The van der Waals surface area contributed by atoms with E-state index in [1.807, 2.05) is 17.5 Å². The van der Waals surface area contributed by atoms with Crippen molar-refractivity contribution in [3.8, 4) is 22.2 Å². The molecule has 3 heterocycles. The Bertz CT molecular complexity index is 1230. The normalized spacial score (nSPS) is 13.7. The van der Waals surface area contributed by atoms with Crippen LogP contribution in [0.2, 0.25) is 0 Å². The van der Waals surface area contributed by atoms with Crippen LogP contribution >= 0.6 is 11.3 Å². The summed E-state index contributed by atoms with van der Waals surface area (Å²) in [5.74, 6) is 0.684. The standard InChI is InChI=1S/C23H17F3N4OS/c24-23(25,26)16-4-6-18(7-5-16)31-21-19-8-10-30(13-20(19)28-14-29-21)17-3-1-2-15(12-17)22-27-9-11-32-22/h1-7,9,11-12,14H,8,10,13H2. The Kier molecular flexibility index (Phi) is 5.26. The van der Waals surface area contributed by atoms with Crippen molar-refractivity contribution >= 4 is 17.0 Å². The second-order valence-corrected chi connectivity index (χ2v) is 8.18. The summed E-state index contributed by atoms with van der Waals surface area (Å²) in [7, 11) is 0. The minimum Gasteiger partial charge on any atom is -0.439 e. The zero-order chi connectivity index (χ0) is 22.1. The molecule has 0 saturated carbocycles. The molecule has 162 valence electrons. The topological polar surface area (TPSA) is 51.1 Å². The van der Waals surface area contributed by atoms with Gasteiger partial charge in [-0.05, 0) is 42.8 Å². The van der Waals surface area contributed by atoms with E-state index in [0.717, 1.165) is 46.2 Å². The van der Waals surface area contributed by atoms with E-state index >= 15 is 0 Å². The van der Waals surface area contributed by atoms with Gasteiger partial charge in [-0.2, -0.15) is 13.2 Å². The van der Waals surface area contributed by atoms with Crippen LogP contribution < -0.4 is 9.64 Å². The number of anilines is 1. The van der Waals surface area contributed by atoms with Crippen LogP contribution in [0, 0.1) is 0 Å². The summed E-state index contributed by atoms with van der Waals surface area (Å²) in [6.45, 7) is 1.33. The number of nitrogens with zero attached hydrogens (tertiary/aromatic N) is 4. The number of thiazole rings is 1. The summed E-state index contributed by atoms with van der Waals surface area (Å²) >= 11 is 1.60. The predicted molar refractivity (Wildman–Crippen MR) is 116 cm³/mol. The van der Waals surface area contributed by atoms with E-state index in [4.69, 9.17) is 4.74 Å². The van der Waals surface area contributed by atoms with Crippen LogP contribution in [0.5, 0.6) is 11.6 Å². The molecule has 0 atom stereocenters. The molecule has 0 aliphatic carbocycles. The smallest absolute Gasteiger partial charge is 0.416 e. The quantitative estimate of drug-likeness (QED) is 0.380. The first-order chi connectivity index (χ1) is 15.5. The molecule has 32 heavy (non-hydrogen) atoms. The number of fused-ring (bicyclic) bond motifs is 1. The lowest BCUT2D eigenvalue weighted by atomic mass is 10.0. The van der Waals surface area contributed by atoms with Gasteiger partial charge in [0.05, 0.1) is 17.8 Å². The number of benzene rings is 2. The Labute approximate surface area is 186 Å². The lowest BCUT2D eigenvalue weighted by Crippen LogP contribution is -2.31. The maximum atomic E-state index is 12.8. The van der Waals surface area contributed by atoms with Gasteiger partial charge in [0, 0.05) is 34.9 Å². The van der Waals surface area contributed by atoms with Crippen LogP contribution in [-0.2, 0) is 19.1 Å². The molecule has 9 heteroatoms. The number of rotatable bonds is 4. The highest BCUT2D eigenvalue weighted by Crippen LogP contribution is 2.34. The Hall–Kier alpha value is -3.46. The van der Waals surface area contributed by atoms with Crippen LogP contribution in [-0.4, -0.2) is 21.5 Å². The van der Waals surface area contributed by atoms with Gasteiger partial charge in [-0.25, -0.2) is 15.0 Å². The monoisotopic (exact) mass is 454 g/mol. The van der Waals surface area contributed by atoms with E-state index in [2.05, 4.69) is 32.0 Å². The molecule has 1 aliphatic heterocycles. The fourth-order valence-corrected chi connectivity index (χ4v) is 4.29. The summed E-state index contributed by atoms with van der Waals surface area (Å²) in [6.07, 6.45) is -0.507. The van der Waals surface area contributed by atoms with Crippen molar-refractivity contribution in [2.24, 2.45) is 0 Å². The highest BCUT2D eigenvalue weighted by Gasteiger charge is 2.30. The number of halogens is 3. The molecule has 0 spiro atoms. The van der Waals surface area contributed by atoms with E-state index in [1.165, 1.54) is 18.5 Å². The Morgan fingerprint density at radius 3 is 2.59 bits per heavy atom. The summed E-state index contributed by atoms with van der Waals surface area (Å²) in [5.41, 5.74) is 3.14. The Morgan fingerprint density at radius 2 is 1.84 bits per heavy atom. The average Bonchev–Trinajstić information content (AvgIpc) is 3.34. The van der Waals surface area contributed by atoms with Crippen molar-refractivity contribution < 1.29 is 17.9 Å². The number of aromatic nitrogens is 3. The van der Waals surface area contributed by atoms with Crippen molar-refractivity contribution in [2.45, 2.75) is 19.1 Å². The van der Waals surface area contributed by atoms with E-state index in [9.17, 15) is 13.2 Å². The van der Waals surface area contributed by atoms with Crippen molar-refractivity contribution in [3.63, 3.8) is 0 Å². The zero-order valence-electron chi connectivity index (χ0n) is 16.7. The van der Waals surface area contributed by atoms with E-state index < -0.39 is 11.7 Å². The summed E-state index contributed by atoms with van der Waals surface area (Å²) in [4.78, 5) is 15.3. The highest BCUT2D eigenvalue weighted by molar-refractivity contribution is 7.13. The van der Waals surface area contributed by atoms with E-state index in [1.54, 1.807) is 17.5 Å². The average molecular weight is 454 g/mol. The van der Waals surface area contributed by atoms with E-state index in [0.29, 0.717) is 24.6 Å². The Morgan fingerprint density at radius 1 is 1.00 bits per heavy atom. The third kappa shape index (κ3) is 4.16. The molecule has 0 saturated heterocycles. The fraction of sp³-hybridized carbons (Fsp3) is 0.174. The molecule has 0 amide bonds. The van der Waals surface area contributed by atoms with Crippen molar-refractivity contribution in [3.05, 3.63) is 83.3 Å². The maximum absolute atomic E-state index is 12.8. The molecular weight excluding hydrogens is 437 g/mol. The number of ether oxygens (including phenoxy) is 1. The molecule has 0 bridgehead atoms. The molecular formula is C23H17F3N4OS. The second-order valence-electron chi connectivity index (χ2n) is 7.29. The van der Waals surface area contributed by atoms with Crippen LogP contribution in [0.4, 0.5) is 18.9 Å². The van der Waals surface area contributed by atoms with Gasteiger partial charge >= 0.3 is 6.18 Å². The molecule has 4 aromatic rings. The van der Waals surface area contributed by atoms with Crippen LogP contribution in [0.25, 0.3) is 10.6 Å². The minimum absolute atomic E-state index is 0.303. The first-order valence-corrected chi connectivity index (χ1v) is 10.8. The first-order valence-electron chi connectivity index (χ1n) is 9.90. The van der Waals surface area contributed by atoms with Gasteiger partial charge < -0.3 is 9.64 Å². The molecule has 5 rings (SSSR count). The summed E-state index contributed by atoms with van der Waals surface area (Å²) in [5, 5.41) is 2.92. The minimum atomic E-state index is -4.38. The van der Waals surface area contributed by atoms with E-state index in [-0.39, 0.29) is 0 Å². The third-order valence-corrected chi connectivity index (χ3v) is 6.08. The van der Waals surface area contributed by atoms with Crippen molar-refractivity contribution in [2.75, 3.05) is 11.4 Å². The number of alkyl halides is 3. The molecule has 0 unspecified atom stereocenters. The fourth-order valence-electron chi connectivity index (χ4n) is 3.66. The molecule has 2 aromatic carbocycles. The van der Waals surface area contributed by atoms with Crippen molar-refractivity contribution in [1.29, 1.82) is 0 Å². The zero-order valence-corrected chi connectivity index (χ0v) is 17.5. The number of hydrogen-bond acceptors (Lipinski definition) is 6. The summed E-state index contributed by atoms with van der Waals surface area (Å²) in [6, 6.07) is 12.8. The van der Waals surface area contributed by atoms with Crippen LogP contribution in [0.3, 0.4) is 0 Å². The lowest BCUT2D eigenvalue weighted by molar-refractivity contribution is -0.137. The molecule has 0 fully saturated rings. The van der Waals surface area contributed by atoms with Gasteiger partial charge in [-0.3, -0.25) is 0 Å². The molecule has 2 aromatic heterocycles. The van der Waals surface area contributed by atoms with Crippen molar-refractivity contribution in [1.82, 2.24) is 15.0 Å². The van der Waals surface area contributed by atoms with Gasteiger partial charge in [-0.1, -0.05) is 12.1 Å². The highest BCUT2D eigenvalue weighted by atomic mass is 32.1. The molecule has 5 nitrogen and oxygen atoms in total. The Balaban J connectivity index is 1.36. The van der Waals surface area contributed by atoms with Gasteiger partial charge in [-0.15, -0.1) is 11.3 Å². The van der Waals surface area contributed by atoms with Crippen LogP contribution in [0.1, 0.15) is 16.8 Å². The van der Waals surface area contributed by atoms with Gasteiger partial charge in [0.25, 0.3) is 0 Å². The molecule has 1 aliphatic rings. The van der Waals surface area contributed by atoms with Crippen LogP contribution in [0.15, 0.2) is 66.4 Å². The van der Waals surface area contributed by atoms with Gasteiger partial charge in [0.1, 0.15) is 17.1 Å². The third-order valence-electron chi connectivity index (χ3n) is 5.25. The first kappa shape index (κ1) is 20.4. The largest absolute Gasteiger partial charge is 0.439 e.